The molecule has 140 valence electrons. The number of methoxy groups -OCH3 is 1. The largest absolute Gasteiger partial charge is 0.467 e. The van der Waals surface area contributed by atoms with Crippen molar-refractivity contribution in [3.8, 4) is 11.1 Å². The van der Waals surface area contributed by atoms with Crippen LogP contribution in [0.5, 0.6) is 0 Å². The highest BCUT2D eigenvalue weighted by atomic mass is 16.5. The Hall–Kier alpha value is -3.40. The van der Waals surface area contributed by atoms with Gasteiger partial charge in [0.05, 0.1) is 13.0 Å². The van der Waals surface area contributed by atoms with Crippen molar-refractivity contribution in [2.24, 2.45) is 0 Å². The van der Waals surface area contributed by atoms with Crippen LogP contribution >= 0.6 is 0 Å². The van der Waals surface area contributed by atoms with Gasteiger partial charge in [-0.1, -0.05) is 78.9 Å². The summed E-state index contributed by atoms with van der Waals surface area (Å²) in [5.41, 5.74) is 5.02. The lowest BCUT2D eigenvalue weighted by Gasteiger charge is -2.20. The lowest BCUT2D eigenvalue weighted by Crippen LogP contribution is -2.45. The van der Waals surface area contributed by atoms with Crippen molar-refractivity contribution in [1.29, 1.82) is 0 Å². The number of hydrogen-bond acceptors (Lipinski definition) is 3. The van der Waals surface area contributed by atoms with Crippen molar-refractivity contribution < 1.29 is 14.3 Å². The lowest BCUT2D eigenvalue weighted by atomic mass is 9.95. The quantitative estimate of drug-likeness (QED) is 0.696. The normalized spacial score (nSPS) is 13.3. The maximum Gasteiger partial charge on any atom is 0.328 e. The van der Waals surface area contributed by atoms with Crippen LogP contribution in [0.2, 0.25) is 0 Å². The molecule has 1 N–H and O–H groups in total. The van der Waals surface area contributed by atoms with E-state index in [1.807, 2.05) is 78.9 Å². The number of nitrogens with one attached hydrogen (secondary N) is 1. The number of benzene rings is 3. The molecule has 0 bridgehead atoms. The maximum atomic E-state index is 13.3. The second-order valence-corrected chi connectivity index (χ2v) is 6.88. The zero-order valence-electron chi connectivity index (χ0n) is 15.6. The molecule has 0 saturated heterocycles. The molecular weight excluding hydrogens is 350 g/mol. The minimum Gasteiger partial charge on any atom is -0.467 e. The summed E-state index contributed by atoms with van der Waals surface area (Å²) in [5, 5.41) is 2.93. The van der Waals surface area contributed by atoms with E-state index in [9.17, 15) is 9.59 Å². The van der Waals surface area contributed by atoms with Crippen LogP contribution in [0.4, 0.5) is 0 Å². The Labute approximate surface area is 164 Å². The van der Waals surface area contributed by atoms with Crippen LogP contribution in [0, 0.1) is 0 Å². The van der Waals surface area contributed by atoms with Crippen LogP contribution in [0.25, 0.3) is 11.1 Å². The highest BCUT2D eigenvalue weighted by Crippen LogP contribution is 2.44. The molecule has 3 aromatic carbocycles. The molecule has 4 rings (SSSR count). The molecule has 0 spiro atoms. The number of carbonyl (C=O) groups excluding carboxylic acids is 2. The van der Waals surface area contributed by atoms with Crippen LogP contribution < -0.4 is 5.32 Å². The van der Waals surface area contributed by atoms with Crippen LogP contribution in [0.3, 0.4) is 0 Å². The molecule has 3 aromatic rings. The SMILES string of the molecule is COC(=O)[C@@H](Cc1ccccc1)NC(=O)C1c2ccccc2-c2ccccc21. The standard InChI is InChI=1S/C24H21NO3/c1-28-24(27)21(15-16-9-3-2-4-10-16)25-23(26)22-19-13-7-5-11-17(19)18-12-6-8-14-20(18)22/h2-14,21-22H,15H2,1H3,(H,25,26)/t21-/m1/s1. The molecule has 0 fully saturated rings. The van der Waals surface area contributed by atoms with E-state index in [0.717, 1.165) is 27.8 Å². The average molecular weight is 371 g/mol. The van der Waals surface area contributed by atoms with E-state index in [2.05, 4.69) is 5.32 Å². The second-order valence-electron chi connectivity index (χ2n) is 6.88. The highest BCUT2D eigenvalue weighted by Gasteiger charge is 2.35. The molecule has 1 atom stereocenters. The Balaban J connectivity index is 1.64. The van der Waals surface area contributed by atoms with E-state index in [1.54, 1.807) is 0 Å². The monoisotopic (exact) mass is 371 g/mol. The molecular formula is C24H21NO3. The van der Waals surface area contributed by atoms with E-state index in [1.165, 1.54) is 7.11 Å². The minimum absolute atomic E-state index is 0.191. The molecule has 1 aliphatic rings. The van der Waals surface area contributed by atoms with E-state index >= 15 is 0 Å². The van der Waals surface area contributed by atoms with Gasteiger partial charge in [0, 0.05) is 6.42 Å². The summed E-state index contributed by atoms with van der Waals surface area (Å²) < 4.78 is 4.93. The lowest BCUT2D eigenvalue weighted by molar-refractivity contribution is -0.145. The van der Waals surface area contributed by atoms with Crippen LogP contribution in [0.15, 0.2) is 78.9 Å². The third kappa shape index (κ3) is 3.29. The van der Waals surface area contributed by atoms with Gasteiger partial charge in [-0.05, 0) is 27.8 Å². The predicted octanol–water partition coefficient (Wildman–Crippen LogP) is 3.70. The summed E-state index contributed by atoms with van der Waals surface area (Å²) in [6.45, 7) is 0. The van der Waals surface area contributed by atoms with Gasteiger partial charge in [0.15, 0.2) is 0 Å². The molecule has 0 unspecified atom stereocenters. The summed E-state index contributed by atoms with van der Waals surface area (Å²) in [5.74, 6) is -1.07. The van der Waals surface area contributed by atoms with E-state index in [4.69, 9.17) is 4.74 Å². The maximum absolute atomic E-state index is 13.3. The molecule has 1 amide bonds. The first-order valence-corrected chi connectivity index (χ1v) is 9.29. The number of carbonyl (C=O) groups is 2. The van der Waals surface area contributed by atoms with Crippen molar-refractivity contribution in [1.82, 2.24) is 5.32 Å². The zero-order valence-corrected chi connectivity index (χ0v) is 15.6. The Kier molecular flexibility index (Phi) is 4.94. The van der Waals surface area contributed by atoms with Gasteiger partial charge in [0.2, 0.25) is 5.91 Å². The molecule has 0 aromatic heterocycles. The van der Waals surface area contributed by atoms with E-state index in [-0.39, 0.29) is 5.91 Å². The summed E-state index contributed by atoms with van der Waals surface area (Å²) >= 11 is 0. The van der Waals surface area contributed by atoms with Gasteiger partial charge >= 0.3 is 5.97 Å². The Morgan fingerprint density at radius 2 is 1.39 bits per heavy atom. The molecule has 4 nitrogen and oxygen atoms in total. The molecule has 0 radical (unpaired) electrons. The van der Waals surface area contributed by atoms with Crippen LogP contribution in [-0.2, 0) is 20.7 Å². The minimum atomic E-state index is -0.736. The molecule has 0 heterocycles. The molecule has 4 heteroatoms. The first kappa shape index (κ1) is 18.0. The fourth-order valence-corrected chi connectivity index (χ4v) is 3.88. The van der Waals surface area contributed by atoms with Crippen LogP contribution in [0.1, 0.15) is 22.6 Å². The topological polar surface area (TPSA) is 55.4 Å². The van der Waals surface area contributed by atoms with E-state index in [0.29, 0.717) is 6.42 Å². The highest BCUT2D eigenvalue weighted by molar-refractivity contribution is 5.97. The fourth-order valence-electron chi connectivity index (χ4n) is 3.88. The summed E-state index contributed by atoms with van der Waals surface area (Å²) in [6.07, 6.45) is 0.384. The Morgan fingerprint density at radius 1 is 0.857 bits per heavy atom. The van der Waals surface area contributed by atoms with Gasteiger partial charge in [-0.25, -0.2) is 4.79 Å². The number of hydrogen-bond donors (Lipinski definition) is 1. The van der Waals surface area contributed by atoms with Crippen LogP contribution in [-0.4, -0.2) is 25.0 Å². The summed E-state index contributed by atoms with van der Waals surface area (Å²) in [6, 6.07) is 24.7. The summed E-state index contributed by atoms with van der Waals surface area (Å²) in [7, 11) is 1.34. The van der Waals surface area contributed by atoms with Gasteiger partial charge < -0.3 is 10.1 Å². The van der Waals surface area contributed by atoms with Gasteiger partial charge in [0.25, 0.3) is 0 Å². The zero-order chi connectivity index (χ0) is 19.5. The van der Waals surface area contributed by atoms with Crippen molar-refractivity contribution in [2.45, 2.75) is 18.4 Å². The second kappa shape index (κ2) is 7.69. The Morgan fingerprint density at radius 3 is 1.96 bits per heavy atom. The molecule has 1 aliphatic carbocycles. The fraction of sp³-hybridized carbons (Fsp3) is 0.167. The molecule has 28 heavy (non-hydrogen) atoms. The molecule has 0 aliphatic heterocycles. The number of fused-ring (bicyclic) bond motifs is 3. The number of esters is 1. The van der Waals surface area contributed by atoms with Gasteiger partial charge in [-0.3, -0.25) is 4.79 Å². The number of rotatable bonds is 5. The van der Waals surface area contributed by atoms with Crippen molar-refractivity contribution in [3.63, 3.8) is 0 Å². The first-order chi connectivity index (χ1) is 13.7. The molecule has 0 saturated carbocycles. The third-order valence-electron chi connectivity index (χ3n) is 5.18. The Bertz CT molecular complexity index is 968. The summed E-state index contributed by atoms with van der Waals surface area (Å²) in [4.78, 5) is 25.6. The van der Waals surface area contributed by atoms with Gasteiger partial charge in [0.1, 0.15) is 6.04 Å². The number of ether oxygens (including phenoxy) is 1. The van der Waals surface area contributed by atoms with Crippen molar-refractivity contribution in [3.05, 3.63) is 95.6 Å². The van der Waals surface area contributed by atoms with Crippen molar-refractivity contribution in [2.75, 3.05) is 7.11 Å². The predicted molar refractivity (Wildman–Crippen MR) is 108 cm³/mol. The average Bonchev–Trinajstić information content (AvgIpc) is 3.08. The van der Waals surface area contributed by atoms with Gasteiger partial charge in [-0.2, -0.15) is 0 Å². The van der Waals surface area contributed by atoms with Gasteiger partial charge in [-0.15, -0.1) is 0 Å². The first-order valence-electron chi connectivity index (χ1n) is 9.29. The number of amides is 1. The smallest absolute Gasteiger partial charge is 0.328 e. The third-order valence-corrected chi connectivity index (χ3v) is 5.18. The van der Waals surface area contributed by atoms with E-state index < -0.39 is 17.9 Å². The van der Waals surface area contributed by atoms with Crippen molar-refractivity contribution >= 4 is 11.9 Å².